The highest BCUT2D eigenvalue weighted by Gasteiger charge is 2.05. The molecule has 2 nitrogen and oxygen atoms in total. The van der Waals surface area contributed by atoms with Crippen LogP contribution in [-0.2, 0) is 6.42 Å². The number of hydrogen-bond acceptors (Lipinski definition) is 2. The molecule has 0 spiro atoms. The Morgan fingerprint density at radius 2 is 1.93 bits per heavy atom. The van der Waals surface area contributed by atoms with Gasteiger partial charge in [-0.25, -0.2) is 0 Å². The Kier molecular flexibility index (Phi) is 5.37. The van der Waals surface area contributed by atoms with Crippen molar-refractivity contribution in [3.8, 4) is 0 Å². The van der Waals surface area contributed by atoms with Gasteiger partial charge in [0.1, 0.15) is 0 Å². The van der Waals surface area contributed by atoms with Gasteiger partial charge in [0.2, 0.25) is 0 Å². The van der Waals surface area contributed by atoms with Crippen molar-refractivity contribution in [1.82, 2.24) is 4.90 Å². The minimum absolute atomic E-state index is 0.189. The van der Waals surface area contributed by atoms with Crippen LogP contribution < -0.4 is 0 Å². The number of aliphatic hydroxyl groups is 1. The van der Waals surface area contributed by atoms with Gasteiger partial charge >= 0.3 is 0 Å². The van der Waals surface area contributed by atoms with Gasteiger partial charge in [0.15, 0.2) is 0 Å². The van der Waals surface area contributed by atoms with Crippen LogP contribution in [0.2, 0.25) is 0 Å². The van der Waals surface area contributed by atoms with E-state index in [4.69, 9.17) is 0 Å². The normalized spacial score (nSPS) is 13.1. The van der Waals surface area contributed by atoms with Crippen LogP contribution in [0.15, 0.2) is 30.3 Å². The summed E-state index contributed by atoms with van der Waals surface area (Å²) in [5, 5.41) is 9.48. The fourth-order valence-corrected chi connectivity index (χ4v) is 1.54. The van der Waals surface area contributed by atoms with Crippen molar-refractivity contribution >= 4 is 0 Å². The number of hydrogen-bond donors (Lipinski definition) is 1. The van der Waals surface area contributed by atoms with Crippen LogP contribution in [0.1, 0.15) is 18.9 Å². The van der Waals surface area contributed by atoms with Crippen LogP contribution in [0.5, 0.6) is 0 Å². The summed E-state index contributed by atoms with van der Waals surface area (Å²) < 4.78 is 0. The Hall–Kier alpha value is -0.860. The first kappa shape index (κ1) is 12.2. The zero-order chi connectivity index (χ0) is 11.1. The molecule has 0 saturated carbocycles. The summed E-state index contributed by atoms with van der Waals surface area (Å²) >= 11 is 0. The van der Waals surface area contributed by atoms with E-state index in [1.54, 1.807) is 0 Å². The third-order valence-electron chi connectivity index (χ3n) is 2.62. The molecule has 1 atom stereocenters. The van der Waals surface area contributed by atoms with Crippen molar-refractivity contribution in [2.75, 3.05) is 20.1 Å². The van der Waals surface area contributed by atoms with Gasteiger partial charge < -0.3 is 10.0 Å². The maximum absolute atomic E-state index is 9.48. The van der Waals surface area contributed by atoms with Crippen LogP contribution in [0.25, 0.3) is 0 Å². The maximum Gasteiger partial charge on any atom is 0.0664 e. The third kappa shape index (κ3) is 4.96. The SMILES string of the molecule is CCC(O)CN(C)CCc1ccccc1. The molecule has 0 radical (unpaired) electrons. The molecule has 0 fully saturated rings. The van der Waals surface area contributed by atoms with Gasteiger partial charge in [-0.05, 0) is 25.5 Å². The van der Waals surface area contributed by atoms with E-state index in [1.165, 1.54) is 5.56 Å². The van der Waals surface area contributed by atoms with Crippen molar-refractivity contribution in [3.05, 3.63) is 35.9 Å². The average Bonchev–Trinajstić information content (AvgIpc) is 2.27. The highest BCUT2D eigenvalue weighted by atomic mass is 16.3. The van der Waals surface area contributed by atoms with Crippen molar-refractivity contribution in [1.29, 1.82) is 0 Å². The molecule has 84 valence electrons. The van der Waals surface area contributed by atoms with Gasteiger partial charge in [0.25, 0.3) is 0 Å². The van der Waals surface area contributed by atoms with Crippen LogP contribution in [-0.4, -0.2) is 36.2 Å². The van der Waals surface area contributed by atoms with Gasteiger partial charge in [-0.1, -0.05) is 37.3 Å². The Labute approximate surface area is 92.5 Å². The molecule has 0 aliphatic heterocycles. The third-order valence-corrected chi connectivity index (χ3v) is 2.62. The first-order chi connectivity index (χ1) is 7.22. The second-order valence-corrected chi connectivity index (χ2v) is 4.06. The maximum atomic E-state index is 9.48. The summed E-state index contributed by atoms with van der Waals surface area (Å²) in [6.07, 6.45) is 1.69. The highest BCUT2D eigenvalue weighted by Crippen LogP contribution is 2.01. The van der Waals surface area contributed by atoms with Gasteiger partial charge in [-0.3, -0.25) is 0 Å². The number of rotatable bonds is 6. The fourth-order valence-electron chi connectivity index (χ4n) is 1.54. The predicted octanol–water partition coefficient (Wildman–Crippen LogP) is 1.93. The molecule has 2 heteroatoms. The monoisotopic (exact) mass is 207 g/mol. The zero-order valence-electron chi connectivity index (χ0n) is 9.69. The summed E-state index contributed by atoms with van der Waals surface area (Å²) in [4.78, 5) is 2.18. The number of aliphatic hydroxyl groups excluding tert-OH is 1. The second kappa shape index (κ2) is 6.59. The lowest BCUT2D eigenvalue weighted by Gasteiger charge is -2.19. The van der Waals surface area contributed by atoms with Crippen molar-refractivity contribution in [3.63, 3.8) is 0 Å². The van der Waals surface area contributed by atoms with Gasteiger partial charge in [0, 0.05) is 13.1 Å². The fraction of sp³-hybridized carbons (Fsp3) is 0.538. The lowest BCUT2D eigenvalue weighted by atomic mass is 10.1. The predicted molar refractivity (Wildman–Crippen MR) is 63.9 cm³/mol. The van der Waals surface area contributed by atoms with E-state index in [1.807, 2.05) is 13.0 Å². The van der Waals surface area contributed by atoms with Gasteiger partial charge in [0.05, 0.1) is 6.10 Å². The topological polar surface area (TPSA) is 23.5 Å². The number of nitrogens with zero attached hydrogens (tertiary/aromatic N) is 1. The molecule has 15 heavy (non-hydrogen) atoms. The number of likely N-dealkylation sites (N-methyl/N-ethyl adjacent to an activating group) is 1. The smallest absolute Gasteiger partial charge is 0.0664 e. The average molecular weight is 207 g/mol. The van der Waals surface area contributed by atoms with E-state index in [0.717, 1.165) is 25.9 Å². The molecule has 1 N–H and O–H groups in total. The standard InChI is InChI=1S/C13H21NO/c1-3-13(15)11-14(2)10-9-12-7-5-4-6-8-12/h4-8,13,15H,3,9-11H2,1-2H3. The minimum atomic E-state index is -0.189. The second-order valence-electron chi connectivity index (χ2n) is 4.06. The lowest BCUT2D eigenvalue weighted by molar-refractivity contribution is 0.123. The van der Waals surface area contributed by atoms with Gasteiger partial charge in [-0.15, -0.1) is 0 Å². The quantitative estimate of drug-likeness (QED) is 0.770. The lowest BCUT2D eigenvalue weighted by Crippen LogP contribution is -2.30. The number of benzene rings is 1. The summed E-state index contributed by atoms with van der Waals surface area (Å²) in [7, 11) is 2.06. The first-order valence-electron chi connectivity index (χ1n) is 5.63. The Morgan fingerprint density at radius 3 is 2.53 bits per heavy atom. The van der Waals surface area contributed by atoms with E-state index in [9.17, 15) is 5.11 Å². The molecule has 0 bridgehead atoms. The highest BCUT2D eigenvalue weighted by molar-refractivity contribution is 5.14. The van der Waals surface area contributed by atoms with Gasteiger partial charge in [-0.2, -0.15) is 0 Å². The van der Waals surface area contributed by atoms with E-state index >= 15 is 0 Å². The van der Waals surface area contributed by atoms with Crippen LogP contribution in [0.4, 0.5) is 0 Å². The first-order valence-corrected chi connectivity index (χ1v) is 5.63. The minimum Gasteiger partial charge on any atom is -0.392 e. The Morgan fingerprint density at radius 1 is 1.27 bits per heavy atom. The van der Waals surface area contributed by atoms with Crippen molar-refractivity contribution in [2.24, 2.45) is 0 Å². The van der Waals surface area contributed by atoms with Crippen LogP contribution in [0, 0.1) is 0 Å². The Bertz CT molecular complexity index is 260. The summed E-state index contributed by atoms with van der Waals surface area (Å²) in [6, 6.07) is 10.5. The van der Waals surface area contributed by atoms with Crippen molar-refractivity contribution < 1.29 is 5.11 Å². The molecule has 1 rings (SSSR count). The molecule has 0 amide bonds. The molecule has 1 unspecified atom stereocenters. The molecule has 1 aromatic rings. The van der Waals surface area contributed by atoms with Crippen LogP contribution in [0.3, 0.4) is 0 Å². The zero-order valence-corrected chi connectivity index (χ0v) is 9.69. The van der Waals surface area contributed by atoms with E-state index in [-0.39, 0.29) is 6.10 Å². The molecular weight excluding hydrogens is 186 g/mol. The van der Waals surface area contributed by atoms with Crippen LogP contribution >= 0.6 is 0 Å². The molecular formula is C13H21NO. The summed E-state index contributed by atoms with van der Waals surface area (Å²) in [6.45, 7) is 3.78. The van der Waals surface area contributed by atoms with E-state index < -0.39 is 0 Å². The Balaban J connectivity index is 2.25. The van der Waals surface area contributed by atoms with E-state index in [2.05, 4.69) is 36.2 Å². The largest absolute Gasteiger partial charge is 0.392 e. The summed E-state index contributed by atoms with van der Waals surface area (Å²) in [5.74, 6) is 0. The molecule has 0 aliphatic carbocycles. The molecule has 0 heterocycles. The molecule has 0 aliphatic rings. The molecule has 0 saturated heterocycles. The molecule has 0 aromatic heterocycles. The van der Waals surface area contributed by atoms with E-state index in [0.29, 0.717) is 0 Å². The molecule has 1 aromatic carbocycles. The van der Waals surface area contributed by atoms with Crippen molar-refractivity contribution in [2.45, 2.75) is 25.9 Å². The summed E-state index contributed by atoms with van der Waals surface area (Å²) in [5.41, 5.74) is 1.36.